The van der Waals surface area contributed by atoms with Gasteiger partial charge in [-0.25, -0.2) is 8.78 Å². The minimum absolute atomic E-state index is 0.0392. The maximum Gasteiger partial charge on any atom is 0.260 e. The molecule has 0 N–H and O–H groups in total. The average Bonchev–Trinajstić information content (AvgIpc) is 2.84. The van der Waals surface area contributed by atoms with Gasteiger partial charge >= 0.3 is 0 Å². The number of hydrogen-bond donors (Lipinski definition) is 1. The fourth-order valence-corrected chi connectivity index (χ4v) is 2.62. The molecule has 0 aromatic rings. The Morgan fingerprint density at radius 3 is 2.43 bits per heavy atom. The van der Waals surface area contributed by atoms with Gasteiger partial charge in [0, 0.05) is 13.0 Å². The molecule has 1 saturated carbocycles. The zero-order valence-corrected chi connectivity index (χ0v) is 9.20. The van der Waals surface area contributed by atoms with E-state index in [1.54, 1.807) is 0 Å². The first kappa shape index (κ1) is 10.7. The third-order valence-electron chi connectivity index (χ3n) is 3.32. The van der Waals surface area contributed by atoms with Gasteiger partial charge < -0.3 is 0 Å². The van der Waals surface area contributed by atoms with Gasteiger partial charge in [-0.3, -0.25) is 4.90 Å². The Labute approximate surface area is 89.3 Å². The zero-order chi connectivity index (χ0) is 10.2. The molecule has 0 bridgehead atoms. The van der Waals surface area contributed by atoms with Crippen LogP contribution >= 0.6 is 12.6 Å². The summed E-state index contributed by atoms with van der Waals surface area (Å²) < 4.78 is 26.2. The van der Waals surface area contributed by atoms with Crippen LogP contribution in [0.25, 0.3) is 0 Å². The van der Waals surface area contributed by atoms with Crippen molar-refractivity contribution in [1.82, 2.24) is 4.90 Å². The molecule has 0 radical (unpaired) electrons. The Balaban J connectivity index is 1.86. The van der Waals surface area contributed by atoms with E-state index in [-0.39, 0.29) is 18.4 Å². The second-order valence-electron chi connectivity index (χ2n) is 4.83. The Bertz CT molecular complexity index is 216. The van der Waals surface area contributed by atoms with E-state index in [1.807, 2.05) is 4.90 Å². The lowest BCUT2D eigenvalue weighted by Gasteiger charge is -2.34. The van der Waals surface area contributed by atoms with Gasteiger partial charge in [-0.1, -0.05) is 0 Å². The maximum absolute atomic E-state index is 13.1. The van der Waals surface area contributed by atoms with E-state index in [4.69, 9.17) is 0 Å². The Hall–Kier alpha value is 0.170. The molecule has 0 amide bonds. The van der Waals surface area contributed by atoms with Crippen molar-refractivity contribution in [3.05, 3.63) is 0 Å². The number of thiol groups is 1. The van der Waals surface area contributed by atoms with Crippen molar-refractivity contribution in [3.8, 4) is 0 Å². The highest BCUT2D eigenvalue weighted by atomic mass is 32.1. The minimum atomic E-state index is -2.45. The van der Waals surface area contributed by atoms with Gasteiger partial charge in [0.1, 0.15) is 0 Å². The second kappa shape index (κ2) is 3.63. The summed E-state index contributed by atoms with van der Waals surface area (Å²) in [5.74, 6) is -1.61. The van der Waals surface area contributed by atoms with E-state index in [0.29, 0.717) is 6.42 Å². The molecule has 2 aliphatic rings. The van der Waals surface area contributed by atoms with Crippen LogP contribution in [0.15, 0.2) is 0 Å². The highest BCUT2D eigenvalue weighted by Crippen LogP contribution is 2.47. The predicted octanol–water partition coefficient (Wildman–Crippen LogP) is 2.43. The third kappa shape index (κ3) is 2.40. The molecule has 1 saturated heterocycles. The van der Waals surface area contributed by atoms with Crippen molar-refractivity contribution in [3.63, 3.8) is 0 Å². The lowest BCUT2D eigenvalue weighted by atomic mass is 10.0. The van der Waals surface area contributed by atoms with Crippen molar-refractivity contribution in [2.75, 3.05) is 25.4 Å². The average molecular weight is 221 g/mol. The van der Waals surface area contributed by atoms with Crippen molar-refractivity contribution >= 4 is 12.6 Å². The summed E-state index contributed by atoms with van der Waals surface area (Å²) in [4.78, 5) is 1.92. The van der Waals surface area contributed by atoms with Gasteiger partial charge in [-0.2, -0.15) is 12.6 Å². The van der Waals surface area contributed by atoms with Gasteiger partial charge in [0.2, 0.25) is 0 Å². The van der Waals surface area contributed by atoms with Crippen LogP contribution in [-0.2, 0) is 0 Å². The number of alkyl halides is 2. The van der Waals surface area contributed by atoms with E-state index in [1.165, 1.54) is 12.8 Å². The summed E-state index contributed by atoms with van der Waals surface area (Å²) in [7, 11) is 0. The third-order valence-corrected chi connectivity index (χ3v) is 3.99. The van der Waals surface area contributed by atoms with Crippen molar-refractivity contribution in [2.45, 2.75) is 31.6 Å². The fraction of sp³-hybridized carbons (Fsp3) is 1.00. The van der Waals surface area contributed by atoms with Gasteiger partial charge in [-0.05, 0) is 37.0 Å². The number of hydrogen-bond acceptors (Lipinski definition) is 2. The molecular formula is C10H17F2NS. The normalized spacial score (nSPS) is 30.2. The molecule has 1 heterocycles. The van der Waals surface area contributed by atoms with E-state index in [2.05, 4.69) is 12.6 Å². The van der Waals surface area contributed by atoms with E-state index in [9.17, 15) is 8.78 Å². The molecule has 0 aromatic carbocycles. The highest BCUT2D eigenvalue weighted by Gasteiger charge is 2.45. The molecule has 2 rings (SSSR count). The number of likely N-dealkylation sites (tertiary alicyclic amines) is 1. The Morgan fingerprint density at radius 1 is 1.21 bits per heavy atom. The standard InChI is InChI=1S/C10H17F2NS/c11-10(12)2-1-5-13(7-10)6-9(8-14)3-4-9/h14H,1-8H2. The van der Waals surface area contributed by atoms with Crippen LogP contribution in [0.5, 0.6) is 0 Å². The smallest absolute Gasteiger partial charge is 0.260 e. The quantitative estimate of drug-likeness (QED) is 0.716. The molecule has 4 heteroatoms. The number of piperidine rings is 1. The van der Waals surface area contributed by atoms with E-state index in [0.717, 1.165) is 18.8 Å². The summed E-state index contributed by atoms with van der Waals surface area (Å²) >= 11 is 4.29. The first-order chi connectivity index (χ1) is 6.55. The van der Waals surface area contributed by atoms with Crippen LogP contribution in [-0.4, -0.2) is 36.2 Å². The van der Waals surface area contributed by atoms with E-state index >= 15 is 0 Å². The molecule has 1 nitrogen and oxygen atoms in total. The number of rotatable bonds is 3. The molecule has 1 aliphatic carbocycles. The molecule has 0 atom stereocenters. The lowest BCUT2D eigenvalue weighted by molar-refractivity contribution is -0.0672. The van der Waals surface area contributed by atoms with Gasteiger partial charge in [0.25, 0.3) is 5.92 Å². The van der Waals surface area contributed by atoms with Gasteiger partial charge in [-0.15, -0.1) is 0 Å². The maximum atomic E-state index is 13.1. The first-order valence-electron chi connectivity index (χ1n) is 5.26. The Morgan fingerprint density at radius 2 is 1.93 bits per heavy atom. The number of halogens is 2. The number of nitrogens with zero attached hydrogens (tertiary/aromatic N) is 1. The Kier molecular flexibility index (Phi) is 2.77. The van der Waals surface area contributed by atoms with Gasteiger partial charge in [0.15, 0.2) is 0 Å². The van der Waals surface area contributed by atoms with Gasteiger partial charge in [0.05, 0.1) is 6.54 Å². The molecule has 0 spiro atoms. The molecule has 0 unspecified atom stereocenters. The monoisotopic (exact) mass is 221 g/mol. The second-order valence-corrected chi connectivity index (χ2v) is 5.14. The molecule has 0 aromatic heterocycles. The molecule has 14 heavy (non-hydrogen) atoms. The van der Waals surface area contributed by atoms with Crippen LogP contribution < -0.4 is 0 Å². The zero-order valence-electron chi connectivity index (χ0n) is 8.31. The first-order valence-corrected chi connectivity index (χ1v) is 5.90. The molecule has 2 fully saturated rings. The lowest BCUT2D eigenvalue weighted by Crippen LogP contribution is -2.45. The van der Waals surface area contributed by atoms with Crippen molar-refractivity contribution < 1.29 is 8.78 Å². The predicted molar refractivity (Wildman–Crippen MR) is 56.1 cm³/mol. The molecule has 82 valence electrons. The van der Waals surface area contributed by atoms with Crippen LogP contribution in [0.2, 0.25) is 0 Å². The summed E-state index contributed by atoms with van der Waals surface area (Å²) in [6.07, 6.45) is 3.03. The summed E-state index contributed by atoms with van der Waals surface area (Å²) in [6.45, 7) is 1.62. The molecular weight excluding hydrogens is 204 g/mol. The topological polar surface area (TPSA) is 3.24 Å². The van der Waals surface area contributed by atoms with E-state index < -0.39 is 5.92 Å². The summed E-state index contributed by atoms with van der Waals surface area (Å²) in [5, 5.41) is 0. The summed E-state index contributed by atoms with van der Waals surface area (Å²) in [5.41, 5.74) is 0.274. The van der Waals surface area contributed by atoms with Crippen molar-refractivity contribution in [2.24, 2.45) is 5.41 Å². The highest BCUT2D eigenvalue weighted by molar-refractivity contribution is 7.80. The molecule has 1 aliphatic heterocycles. The van der Waals surface area contributed by atoms with Crippen LogP contribution in [0.4, 0.5) is 8.78 Å². The summed E-state index contributed by atoms with van der Waals surface area (Å²) in [6, 6.07) is 0. The SMILES string of the molecule is FC1(F)CCCN(CC2(CS)CC2)C1. The van der Waals surface area contributed by atoms with Crippen LogP contribution in [0, 0.1) is 5.41 Å². The van der Waals surface area contributed by atoms with Crippen molar-refractivity contribution in [1.29, 1.82) is 0 Å². The van der Waals surface area contributed by atoms with Crippen LogP contribution in [0.3, 0.4) is 0 Å². The fourth-order valence-electron chi connectivity index (χ4n) is 2.20. The largest absolute Gasteiger partial charge is 0.297 e. The minimum Gasteiger partial charge on any atom is -0.297 e. The van der Waals surface area contributed by atoms with Crippen LogP contribution in [0.1, 0.15) is 25.7 Å².